The van der Waals surface area contributed by atoms with Crippen LogP contribution in [0.4, 0.5) is 0 Å². The maximum absolute atomic E-state index is 11.3. The van der Waals surface area contributed by atoms with Gasteiger partial charge in [-0.25, -0.2) is 4.79 Å². The lowest BCUT2D eigenvalue weighted by atomic mass is 9.89. The van der Waals surface area contributed by atoms with E-state index in [4.69, 9.17) is 9.94 Å². The number of carbonyl (C=O) groups excluding carboxylic acids is 1. The number of carboxylic acid groups (broad SMARTS) is 1. The van der Waals surface area contributed by atoms with Crippen molar-refractivity contribution in [3.8, 4) is 0 Å². The van der Waals surface area contributed by atoms with Crippen molar-refractivity contribution in [3.05, 3.63) is 34.9 Å². The highest BCUT2D eigenvalue weighted by molar-refractivity contribution is 5.88. The first-order valence-corrected chi connectivity index (χ1v) is 6.45. The highest BCUT2D eigenvalue weighted by Gasteiger charge is 2.51. The Kier molecular flexibility index (Phi) is 3.13. The molecule has 0 aromatic heterocycles. The fraction of sp³-hybridized carbons (Fsp3) is 0.467. The van der Waals surface area contributed by atoms with Gasteiger partial charge in [0, 0.05) is 6.92 Å². The molecule has 1 aromatic rings. The molecule has 0 atom stereocenters. The Balaban J connectivity index is 2.61. The second-order valence-corrected chi connectivity index (χ2v) is 6.06. The number of nitrogens with zero attached hydrogens (tertiary/aromatic N) is 1. The van der Waals surface area contributed by atoms with E-state index in [1.165, 1.54) is 6.92 Å². The maximum Gasteiger partial charge on any atom is 0.335 e. The van der Waals surface area contributed by atoms with Crippen LogP contribution in [0, 0.1) is 0 Å². The average Bonchev–Trinajstić information content (AvgIpc) is 2.47. The molecule has 0 saturated carbocycles. The zero-order chi connectivity index (χ0) is 15.3. The zero-order valence-electron chi connectivity index (χ0n) is 12.4. The molecule has 0 fully saturated rings. The van der Waals surface area contributed by atoms with Crippen LogP contribution in [0.1, 0.15) is 56.1 Å². The van der Waals surface area contributed by atoms with Gasteiger partial charge in [-0.3, -0.25) is 4.79 Å². The lowest BCUT2D eigenvalue weighted by molar-refractivity contribution is -0.247. The molecule has 0 spiro atoms. The number of carbonyl (C=O) groups is 2. The van der Waals surface area contributed by atoms with Crippen molar-refractivity contribution in [2.45, 2.75) is 45.7 Å². The summed E-state index contributed by atoms with van der Waals surface area (Å²) in [5.41, 5.74) is 0.965. The van der Waals surface area contributed by atoms with Crippen molar-refractivity contribution in [1.29, 1.82) is 0 Å². The van der Waals surface area contributed by atoms with Gasteiger partial charge in [0.2, 0.25) is 0 Å². The van der Waals surface area contributed by atoms with E-state index < -0.39 is 23.0 Å². The molecule has 2 rings (SSSR count). The second-order valence-electron chi connectivity index (χ2n) is 6.06. The summed E-state index contributed by atoms with van der Waals surface area (Å²) >= 11 is 0. The van der Waals surface area contributed by atoms with Crippen LogP contribution in [-0.4, -0.2) is 22.1 Å². The standard InChI is InChI=1S/C15H19NO4/c1-9(17)20-16-14(2,3)11-7-6-10(13(18)19)8-12(11)15(16,4)5/h6-8H,1-5H3,(H,18,19). The lowest BCUT2D eigenvalue weighted by Gasteiger charge is -2.38. The van der Waals surface area contributed by atoms with E-state index in [1.807, 2.05) is 27.7 Å². The van der Waals surface area contributed by atoms with Crippen molar-refractivity contribution >= 4 is 11.9 Å². The number of hydroxylamine groups is 2. The fourth-order valence-electron chi connectivity index (χ4n) is 2.99. The number of aromatic carboxylic acids is 1. The monoisotopic (exact) mass is 277 g/mol. The Morgan fingerprint density at radius 1 is 1.10 bits per heavy atom. The highest BCUT2D eigenvalue weighted by Crippen LogP contribution is 2.49. The summed E-state index contributed by atoms with van der Waals surface area (Å²) in [6.07, 6.45) is 0. The van der Waals surface area contributed by atoms with Gasteiger partial charge in [-0.2, -0.15) is 0 Å². The molecule has 0 aliphatic carbocycles. The van der Waals surface area contributed by atoms with Crippen LogP contribution in [-0.2, 0) is 20.7 Å². The van der Waals surface area contributed by atoms with Crippen molar-refractivity contribution in [2.24, 2.45) is 0 Å². The van der Waals surface area contributed by atoms with E-state index in [1.54, 1.807) is 23.3 Å². The van der Waals surface area contributed by atoms with E-state index in [2.05, 4.69) is 0 Å². The third-order valence-corrected chi connectivity index (χ3v) is 3.82. The van der Waals surface area contributed by atoms with E-state index in [0.29, 0.717) is 0 Å². The maximum atomic E-state index is 11.3. The summed E-state index contributed by atoms with van der Waals surface area (Å²) in [6.45, 7) is 9.08. The van der Waals surface area contributed by atoms with Gasteiger partial charge in [0.05, 0.1) is 16.6 Å². The first-order chi connectivity index (χ1) is 9.08. The third kappa shape index (κ3) is 1.98. The quantitative estimate of drug-likeness (QED) is 0.900. The number of carboxylic acids is 1. The molecule has 0 saturated heterocycles. The van der Waals surface area contributed by atoms with Gasteiger partial charge >= 0.3 is 11.9 Å². The van der Waals surface area contributed by atoms with Crippen molar-refractivity contribution in [3.63, 3.8) is 0 Å². The predicted molar refractivity (Wildman–Crippen MR) is 73.1 cm³/mol. The fourth-order valence-corrected chi connectivity index (χ4v) is 2.99. The van der Waals surface area contributed by atoms with Crippen molar-refractivity contribution in [2.75, 3.05) is 0 Å². The molecule has 0 bridgehead atoms. The summed E-state index contributed by atoms with van der Waals surface area (Å²) in [5.74, 6) is -1.36. The highest BCUT2D eigenvalue weighted by atomic mass is 16.7. The molecule has 1 aliphatic rings. The van der Waals surface area contributed by atoms with Crippen LogP contribution in [0.5, 0.6) is 0 Å². The van der Waals surface area contributed by atoms with Gasteiger partial charge in [-0.05, 0) is 51.0 Å². The van der Waals surface area contributed by atoms with Crippen LogP contribution in [0.15, 0.2) is 18.2 Å². The minimum atomic E-state index is -0.965. The Morgan fingerprint density at radius 3 is 2.15 bits per heavy atom. The molecule has 1 aromatic carbocycles. The van der Waals surface area contributed by atoms with E-state index in [9.17, 15) is 9.59 Å². The smallest absolute Gasteiger partial charge is 0.335 e. The Morgan fingerprint density at radius 2 is 1.65 bits per heavy atom. The van der Waals surface area contributed by atoms with Crippen LogP contribution in [0.25, 0.3) is 0 Å². The molecule has 0 radical (unpaired) electrons. The molecular weight excluding hydrogens is 258 g/mol. The minimum Gasteiger partial charge on any atom is -0.478 e. The van der Waals surface area contributed by atoms with Crippen LogP contribution < -0.4 is 0 Å². The molecule has 0 amide bonds. The Bertz CT molecular complexity index is 590. The number of rotatable bonds is 2. The average molecular weight is 277 g/mol. The lowest BCUT2D eigenvalue weighted by Crippen LogP contribution is -2.46. The molecular formula is C15H19NO4. The van der Waals surface area contributed by atoms with Gasteiger partial charge in [-0.1, -0.05) is 6.07 Å². The predicted octanol–water partition coefficient (Wildman–Crippen LogP) is 2.65. The SMILES string of the molecule is CC(=O)ON1C(C)(C)c2ccc(C(=O)O)cc2C1(C)C. The molecule has 1 aliphatic heterocycles. The summed E-state index contributed by atoms with van der Waals surface area (Å²) in [4.78, 5) is 27.8. The van der Waals surface area contributed by atoms with Gasteiger partial charge in [0.1, 0.15) is 0 Å². The molecule has 1 N–H and O–H groups in total. The summed E-state index contributed by atoms with van der Waals surface area (Å²) in [7, 11) is 0. The van der Waals surface area contributed by atoms with E-state index in [-0.39, 0.29) is 5.56 Å². The third-order valence-electron chi connectivity index (χ3n) is 3.82. The molecule has 108 valence electrons. The summed E-state index contributed by atoms with van der Waals surface area (Å²) < 4.78 is 0. The summed E-state index contributed by atoms with van der Waals surface area (Å²) in [5, 5.41) is 10.8. The number of hydrogen-bond acceptors (Lipinski definition) is 4. The molecule has 5 nitrogen and oxygen atoms in total. The minimum absolute atomic E-state index is 0.234. The van der Waals surface area contributed by atoms with Gasteiger partial charge in [0.15, 0.2) is 0 Å². The van der Waals surface area contributed by atoms with Gasteiger partial charge < -0.3 is 9.94 Å². The van der Waals surface area contributed by atoms with Gasteiger partial charge in [0.25, 0.3) is 0 Å². The number of benzene rings is 1. The van der Waals surface area contributed by atoms with Crippen LogP contribution in [0.3, 0.4) is 0 Å². The Hall–Kier alpha value is -1.88. The summed E-state index contributed by atoms with van der Waals surface area (Å²) in [6, 6.07) is 5.03. The molecule has 20 heavy (non-hydrogen) atoms. The van der Waals surface area contributed by atoms with Crippen LogP contribution in [0.2, 0.25) is 0 Å². The molecule has 0 unspecified atom stereocenters. The van der Waals surface area contributed by atoms with Crippen LogP contribution >= 0.6 is 0 Å². The van der Waals surface area contributed by atoms with Gasteiger partial charge in [-0.15, -0.1) is 5.06 Å². The number of fused-ring (bicyclic) bond motifs is 1. The van der Waals surface area contributed by atoms with E-state index in [0.717, 1.165) is 11.1 Å². The number of hydrogen-bond donors (Lipinski definition) is 1. The zero-order valence-corrected chi connectivity index (χ0v) is 12.4. The molecule has 5 heteroatoms. The van der Waals surface area contributed by atoms with E-state index >= 15 is 0 Å². The molecule has 1 heterocycles. The Labute approximate surface area is 118 Å². The normalized spacial score (nSPS) is 19.4. The van der Waals surface area contributed by atoms with Crippen molar-refractivity contribution < 1.29 is 19.5 Å². The van der Waals surface area contributed by atoms with Crippen molar-refractivity contribution in [1.82, 2.24) is 5.06 Å². The first kappa shape index (κ1) is 14.5. The topological polar surface area (TPSA) is 66.8 Å². The second kappa shape index (κ2) is 4.31. The largest absolute Gasteiger partial charge is 0.478 e. The first-order valence-electron chi connectivity index (χ1n) is 6.45.